The van der Waals surface area contributed by atoms with E-state index in [2.05, 4.69) is 15.5 Å². The molecule has 1 N–H and O–H groups in total. The number of halogens is 1. The number of aryl methyl sites for hydroxylation is 1. The number of nitrogens with zero attached hydrogens (tertiary/aromatic N) is 3. The van der Waals surface area contributed by atoms with Crippen LogP contribution in [0.1, 0.15) is 11.5 Å². The third-order valence-corrected chi connectivity index (χ3v) is 6.96. The maximum atomic E-state index is 12.9. The van der Waals surface area contributed by atoms with E-state index in [1.165, 1.54) is 44.4 Å². The second-order valence-electron chi connectivity index (χ2n) is 6.81. The molecule has 1 aromatic heterocycles. The third-order valence-electron chi connectivity index (χ3n) is 4.18. The summed E-state index contributed by atoms with van der Waals surface area (Å²) in [5, 5.41) is 10.5. The van der Waals surface area contributed by atoms with Crippen molar-refractivity contribution >= 4 is 33.4 Å². The number of hydrogen-bond acceptors (Lipinski definition) is 8. The lowest BCUT2D eigenvalue weighted by atomic mass is 10.2. The fraction of sp³-hybridized carbons (Fsp3) is 0.250. The van der Waals surface area contributed by atoms with Crippen LogP contribution in [-0.2, 0) is 21.4 Å². The second kappa shape index (κ2) is 10.1. The lowest BCUT2D eigenvalue weighted by Gasteiger charge is -2.15. The van der Waals surface area contributed by atoms with Crippen molar-refractivity contribution in [1.82, 2.24) is 14.5 Å². The maximum Gasteiger partial charge on any atom is 0.277 e. The molecule has 0 radical (unpaired) electrons. The van der Waals surface area contributed by atoms with Crippen LogP contribution in [0.25, 0.3) is 0 Å². The van der Waals surface area contributed by atoms with Crippen LogP contribution in [0.4, 0.5) is 10.1 Å². The Morgan fingerprint density at radius 1 is 1.19 bits per heavy atom. The van der Waals surface area contributed by atoms with Gasteiger partial charge in [0.2, 0.25) is 15.9 Å². The standard InChI is InChI=1S/C20H21FN4O5S2/c1-13-4-7-15(10-17(13)32(27,28)25(2)3)22-18(26)12-31-20-24-23-19(30-20)11-29-16-8-5-14(21)6-9-16/h4-10H,11-12H2,1-3H3,(H,22,26). The summed E-state index contributed by atoms with van der Waals surface area (Å²) in [5.74, 6) is -0.103. The summed E-state index contributed by atoms with van der Waals surface area (Å²) in [5.41, 5.74) is 0.938. The van der Waals surface area contributed by atoms with Gasteiger partial charge in [-0.3, -0.25) is 4.79 Å². The molecule has 3 rings (SSSR count). The molecule has 3 aromatic rings. The van der Waals surface area contributed by atoms with Crippen LogP contribution in [0, 0.1) is 12.7 Å². The number of aromatic nitrogens is 2. The highest BCUT2D eigenvalue weighted by Gasteiger charge is 2.20. The first-order valence-electron chi connectivity index (χ1n) is 9.32. The molecule has 0 aliphatic carbocycles. The van der Waals surface area contributed by atoms with E-state index in [-0.39, 0.29) is 40.1 Å². The number of ether oxygens (including phenoxy) is 1. The van der Waals surface area contributed by atoms with Gasteiger partial charge in [-0.05, 0) is 48.9 Å². The van der Waals surface area contributed by atoms with Crippen LogP contribution in [-0.4, -0.2) is 48.7 Å². The molecule has 0 bridgehead atoms. The number of hydrogen-bond donors (Lipinski definition) is 1. The topological polar surface area (TPSA) is 115 Å². The van der Waals surface area contributed by atoms with Gasteiger partial charge in [0, 0.05) is 19.8 Å². The van der Waals surface area contributed by atoms with Crippen molar-refractivity contribution in [3.8, 4) is 5.75 Å². The van der Waals surface area contributed by atoms with Crippen molar-refractivity contribution in [2.24, 2.45) is 0 Å². The lowest BCUT2D eigenvalue weighted by molar-refractivity contribution is -0.113. The van der Waals surface area contributed by atoms with E-state index in [0.717, 1.165) is 16.1 Å². The number of carbonyl (C=O) groups is 1. The number of thioether (sulfide) groups is 1. The molecule has 0 fully saturated rings. The Morgan fingerprint density at radius 3 is 2.59 bits per heavy atom. The Bertz CT molecular complexity index is 1200. The van der Waals surface area contributed by atoms with Crippen LogP contribution in [0.2, 0.25) is 0 Å². The molecule has 0 aliphatic rings. The van der Waals surface area contributed by atoms with E-state index in [9.17, 15) is 17.6 Å². The number of sulfonamides is 1. The molecular formula is C20H21FN4O5S2. The SMILES string of the molecule is Cc1ccc(NC(=O)CSc2nnc(COc3ccc(F)cc3)o2)cc1S(=O)(=O)N(C)C. The average Bonchev–Trinajstić information content (AvgIpc) is 3.21. The highest BCUT2D eigenvalue weighted by atomic mass is 32.2. The van der Waals surface area contributed by atoms with Gasteiger partial charge in [-0.1, -0.05) is 17.8 Å². The Morgan fingerprint density at radius 2 is 1.91 bits per heavy atom. The monoisotopic (exact) mass is 480 g/mol. The Kier molecular flexibility index (Phi) is 7.48. The van der Waals surface area contributed by atoms with E-state index in [4.69, 9.17) is 9.15 Å². The maximum absolute atomic E-state index is 12.9. The number of nitrogens with one attached hydrogen (secondary N) is 1. The molecule has 1 amide bonds. The normalized spacial score (nSPS) is 11.5. The minimum Gasteiger partial charge on any atom is -0.484 e. The van der Waals surface area contributed by atoms with Gasteiger partial charge in [-0.15, -0.1) is 10.2 Å². The van der Waals surface area contributed by atoms with Crippen LogP contribution >= 0.6 is 11.8 Å². The summed E-state index contributed by atoms with van der Waals surface area (Å²) in [6.45, 7) is 1.68. The second-order valence-corrected chi connectivity index (χ2v) is 9.86. The van der Waals surface area contributed by atoms with Crippen molar-refractivity contribution in [1.29, 1.82) is 0 Å². The van der Waals surface area contributed by atoms with E-state index >= 15 is 0 Å². The van der Waals surface area contributed by atoms with E-state index in [1.54, 1.807) is 19.1 Å². The molecule has 0 saturated carbocycles. The first-order chi connectivity index (χ1) is 15.1. The zero-order chi connectivity index (χ0) is 23.3. The van der Waals surface area contributed by atoms with Gasteiger partial charge in [0.15, 0.2) is 6.61 Å². The average molecular weight is 481 g/mol. The molecule has 170 valence electrons. The molecule has 1 heterocycles. The lowest BCUT2D eigenvalue weighted by Crippen LogP contribution is -2.23. The van der Waals surface area contributed by atoms with Gasteiger partial charge in [0.05, 0.1) is 10.6 Å². The van der Waals surface area contributed by atoms with E-state index in [0.29, 0.717) is 17.0 Å². The summed E-state index contributed by atoms with van der Waals surface area (Å²) < 4.78 is 49.7. The fourth-order valence-electron chi connectivity index (χ4n) is 2.51. The summed E-state index contributed by atoms with van der Waals surface area (Å²) in [4.78, 5) is 12.4. The quantitative estimate of drug-likeness (QED) is 0.465. The van der Waals surface area contributed by atoms with Crippen molar-refractivity contribution < 1.29 is 26.8 Å². The number of carbonyl (C=O) groups excluding carboxylic acids is 1. The zero-order valence-electron chi connectivity index (χ0n) is 17.5. The van der Waals surface area contributed by atoms with Gasteiger partial charge in [0.1, 0.15) is 11.6 Å². The van der Waals surface area contributed by atoms with E-state index < -0.39 is 10.0 Å². The van der Waals surface area contributed by atoms with Gasteiger partial charge in [-0.25, -0.2) is 17.1 Å². The molecule has 0 saturated heterocycles. The van der Waals surface area contributed by atoms with Crippen molar-refractivity contribution in [3.05, 3.63) is 59.7 Å². The zero-order valence-corrected chi connectivity index (χ0v) is 19.2. The number of benzene rings is 2. The van der Waals surface area contributed by atoms with Gasteiger partial charge in [-0.2, -0.15) is 0 Å². The minimum atomic E-state index is -3.63. The van der Waals surface area contributed by atoms with E-state index in [1.807, 2.05) is 0 Å². The molecule has 0 spiro atoms. The molecule has 12 heteroatoms. The van der Waals surface area contributed by atoms with Crippen LogP contribution in [0.15, 0.2) is 57.0 Å². The summed E-state index contributed by atoms with van der Waals surface area (Å²) in [7, 11) is -0.744. The van der Waals surface area contributed by atoms with Crippen molar-refractivity contribution in [2.75, 3.05) is 25.2 Å². The van der Waals surface area contributed by atoms with Crippen LogP contribution in [0.3, 0.4) is 0 Å². The molecule has 32 heavy (non-hydrogen) atoms. The predicted molar refractivity (Wildman–Crippen MR) is 116 cm³/mol. The summed E-state index contributed by atoms with van der Waals surface area (Å²) in [6.07, 6.45) is 0. The number of rotatable bonds is 9. The molecule has 0 unspecified atom stereocenters. The molecule has 0 atom stereocenters. The molecule has 9 nitrogen and oxygen atoms in total. The first kappa shape index (κ1) is 23.7. The summed E-state index contributed by atoms with van der Waals surface area (Å²) >= 11 is 1.03. The first-order valence-corrected chi connectivity index (χ1v) is 11.7. The largest absolute Gasteiger partial charge is 0.484 e. The van der Waals surface area contributed by atoms with Crippen molar-refractivity contribution in [3.63, 3.8) is 0 Å². The third kappa shape index (κ3) is 6.05. The highest BCUT2D eigenvalue weighted by molar-refractivity contribution is 7.99. The Labute approximate surface area is 189 Å². The van der Waals surface area contributed by atoms with Gasteiger partial charge >= 0.3 is 0 Å². The van der Waals surface area contributed by atoms with Gasteiger partial charge < -0.3 is 14.5 Å². The van der Waals surface area contributed by atoms with Gasteiger partial charge in [0.25, 0.3) is 11.1 Å². The number of anilines is 1. The number of amides is 1. The summed E-state index contributed by atoms with van der Waals surface area (Å²) in [6, 6.07) is 10.2. The Hall–Kier alpha value is -2.96. The van der Waals surface area contributed by atoms with Crippen molar-refractivity contribution in [2.45, 2.75) is 23.6 Å². The smallest absolute Gasteiger partial charge is 0.277 e. The van der Waals surface area contributed by atoms with Crippen LogP contribution in [0.5, 0.6) is 5.75 Å². The fourth-order valence-corrected chi connectivity index (χ4v) is 4.23. The molecule has 0 aliphatic heterocycles. The highest BCUT2D eigenvalue weighted by Crippen LogP contribution is 2.23. The molecular weight excluding hydrogens is 459 g/mol. The Balaban J connectivity index is 1.54. The van der Waals surface area contributed by atoms with Crippen LogP contribution < -0.4 is 10.1 Å². The predicted octanol–water partition coefficient (Wildman–Crippen LogP) is 3.08. The molecule has 2 aromatic carbocycles. The minimum absolute atomic E-state index is 0.00210.